The highest BCUT2D eigenvalue weighted by atomic mass is 19.3. The van der Waals surface area contributed by atoms with Gasteiger partial charge in [0.05, 0.1) is 12.8 Å². The molecular formula is C24H31F2N9O2. The largest absolute Gasteiger partial charge is 0.461 e. The molecule has 6 heterocycles. The first kappa shape index (κ1) is 24.0. The molecule has 13 heteroatoms. The fourth-order valence-corrected chi connectivity index (χ4v) is 5.92. The Hall–Kier alpha value is -3.35. The number of rotatable bonds is 6. The number of amides is 1. The van der Waals surface area contributed by atoms with E-state index in [2.05, 4.69) is 20.1 Å². The van der Waals surface area contributed by atoms with E-state index in [1.54, 1.807) is 18.4 Å². The minimum atomic E-state index is -2.27. The van der Waals surface area contributed by atoms with Crippen molar-refractivity contribution in [1.82, 2.24) is 34.4 Å². The molecular weight excluding hydrogens is 484 g/mol. The lowest BCUT2D eigenvalue weighted by atomic mass is 9.78. The average Bonchev–Trinajstić information content (AvgIpc) is 3.54. The highest BCUT2D eigenvalue weighted by molar-refractivity contribution is 5.86. The quantitative estimate of drug-likeness (QED) is 0.526. The van der Waals surface area contributed by atoms with Crippen molar-refractivity contribution in [2.45, 2.75) is 44.6 Å². The SMILES string of the molecule is Nc1nc(N2CC[C@H]2C(=O)N2CCC(C3CCN(CC(F)F)CC3)CC2)nc2nc(-c3ccco3)nn12. The lowest BCUT2D eigenvalue weighted by Crippen LogP contribution is -2.59. The molecule has 0 radical (unpaired) electrons. The Kier molecular flexibility index (Phi) is 6.39. The summed E-state index contributed by atoms with van der Waals surface area (Å²) in [6.07, 6.45) is 3.86. The second-order valence-electron chi connectivity index (χ2n) is 10.2. The Morgan fingerprint density at radius 3 is 2.38 bits per heavy atom. The Balaban J connectivity index is 1.07. The molecule has 0 aromatic carbocycles. The number of alkyl halides is 2. The van der Waals surface area contributed by atoms with Gasteiger partial charge in [0, 0.05) is 19.6 Å². The third-order valence-corrected chi connectivity index (χ3v) is 8.07. The summed E-state index contributed by atoms with van der Waals surface area (Å²) in [5, 5.41) is 4.32. The van der Waals surface area contributed by atoms with E-state index in [4.69, 9.17) is 10.2 Å². The van der Waals surface area contributed by atoms with Crippen LogP contribution in [0.2, 0.25) is 0 Å². The van der Waals surface area contributed by atoms with E-state index in [0.717, 1.165) is 58.3 Å². The minimum absolute atomic E-state index is 0.0937. The van der Waals surface area contributed by atoms with Gasteiger partial charge in [-0.25, -0.2) is 8.78 Å². The maximum Gasteiger partial charge on any atom is 0.259 e. The first-order chi connectivity index (χ1) is 18.0. The first-order valence-corrected chi connectivity index (χ1v) is 13.0. The van der Waals surface area contributed by atoms with E-state index in [1.807, 2.05) is 14.7 Å². The smallest absolute Gasteiger partial charge is 0.259 e. The van der Waals surface area contributed by atoms with Gasteiger partial charge < -0.3 is 20.0 Å². The van der Waals surface area contributed by atoms with Crippen molar-refractivity contribution < 1.29 is 18.0 Å². The lowest BCUT2D eigenvalue weighted by Gasteiger charge is -2.45. The van der Waals surface area contributed by atoms with Crippen LogP contribution in [0.5, 0.6) is 0 Å². The molecule has 0 spiro atoms. The predicted molar refractivity (Wildman–Crippen MR) is 131 cm³/mol. The molecule has 198 valence electrons. The monoisotopic (exact) mass is 515 g/mol. The average molecular weight is 516 g/mol. The van der Waals surface area contributed by atoms with Crippen LogP contribution in [-0.4, -0.2) is 92.0 Å². The van der Waals surface area contributed by atoms with Crippen LogP contribution in [0.15, 0.2) is 22.8 Å². The van der Waals surface area contributed by atoms with Gasteiger partial charge in [-0.3, -0.25) is 9.69 Å². The number of hydrogen-bond acceptors (Lipinski definition) is 9. The number of hydrogen-bond donors (Lipinski definition) is 1. The van der Waals surface area contributed by atoms with Crippen molar-refractivity contribution in [3.8, 4) is 11.6 Å². The molecule has 3 fully saturated rings. The summed E-state index contributed by atoms with van der Waals surface area (Å²) in [6, 6.07) is 3.19. The number of nitrogens with two attached hydrogens (primary N) is 1. The van der Waals surface area contributed by atoms with E-state index in [0.29, 0.717) is 41.7 Å². The van der Waals surface area contributed by atoms with E-state index in [9.17, 15) is 13.6 Å². The van der Waals surface area contributed by atoms with Crippen LogP contribution >= 0.6 is 0 Å². The van der Waals surface area contributed by atoms with Crippen molar-refractivity contribution in [3.63, 3.8) is 0 Å². The Morgan fingerprint density at radius 2 is 1.76 bits per heavy atom. The number of carbonyl (C=O) groups is 1. The Morgan fingerprint density at radius 1 is 1.03 bits per heavy atom. The molecule has 3 aliphatic rings. The molecule has 11 nitrogen and oxygen atoms in total. The number of furan rings is 1. The molecule has 3 aliphatic heterocycles. The molecule has 0 saturated carbocycles. The fraction of sp³-hybridized carbons (Fsp3) is 0.625. The van der Waals surface area contributed by atoms with Crippen molar-refractivity contribution in [3.05, 3.63) is 18.4 Å². The molecule has 0 unspecified atom stereocenters. The third-order valence-electron chi connectivity index (χ3n) is 8.07. The summed E-state index contributed by atoms with van der Waals surface area (Å²) in [7, 11) is 0. The molecule has 0 bridgehead atoms. The van der Waals surface area contributed by atoms with E-state index in [1.165, 1.54) is 4.52 Å². The molecule has 0 aliphatic carbocycles. The standard InChI is InChI=1S/C24H31F2N9O2/c25-19(26)14-32-8-3-15(4-9-32)16-5-10-33(11-6-16)21(36)17-7-12-34(17)23-29-22(27)35-24(30-23)28-20(31-35)18-2-1-13-37-18/h1-2,13,15-17,19H,3-12,14H2,(H2,27,28,29,30,31)/t17-/m0/s1. The van der Waals surface area contributed by atoms with Crippen molar-refractivity contribution in [2.24, 2.45) is 11.8 Å². The van der Waals surface area contributed by atoms with E-state index >= 15 is 0 Å². The predicted octanol–water partition coefficient (Wildman–Crippen LogP) is 2.16. The zero-order chi connectivity index (χ0) is 25.5. The van der Waals surface area contributed by atoms with Crippen LogP contribution < -0.4 is 10.6 Å². The maximum absolute atomic E-state index is 13.4. The first-order valence-electron chi connectivity index (χ1n) is 13.0. The van der Waals surface area contributed by atoms with Crippen molar-refractivity contribution in [2.75, 3.05) is 49.9 Å². The summed E-state index contributed by atoms with van der Waals surface area (Å²) < 4.78 is 32.0. The summed E-state index contributed by atoms with van der Waals surface area (Å²) >= 11 is 0. The molecule has 3 saturated heterocycles. The van der Waals surface area contributed by atoms with Gasteiger partial charge in [-0.1, -0.05) is 0 Å². The highest BCUT2D eigenvalue weighted by Crippen LogP contribution is 2.34. The van der Waals surface area contributed by atoms with Crippen molar-refractivity contribution in [1.29, 1.82) is 0 Å². The maximum atomic E-state index is 13.4. The zero-order valence-corrected chi connectivity index (χ0v) is 20.5. The normalized spacial score (nSPS) is 22.2. The zero-order valence-electron chi connectivity index (χ0n) is 20.5. The number of nitrogens with zero attached hydrogens (tertiary/aromatic N) is 8. The van der Waals surface area contributed by atoms with Gasteiger partial charge in [0.2, 0.25) is 23.6 Å². The Labute approximate surface area is 212 Å². The number of fused-ring (bicyclic) bond motifs is 1. The highest BCUT2D eigenvalue weighted by Gasteiger charge is 2.40. The van der Waals surface area contributed by atoms with Gasteiger partial charge in [-0.05, 0) is 69.2 Å². The lowest BCUT2D eigenvalue weighted by molar-refractivity contribution is -0.135. The van der Waals surface area contributed by atoms with E-state index in [-0.39, 0.29) is 24.4 Å². The summed E-state index contributed by atoms with van der Waals surface area (Å²) in [5.74, 6) is 2.89. The number of carbonyl (C=O) groups excluding carboxylic acids is 1. The minimum Gasteiger partial charge on any atom is -0.461 e. The van der Waals surface area contributed by atoms with Gasteiger partial charge in [-0.2, -0.15) is 19.5 Å². The van der Waals surface area contributed by atoms with Crippen LogP contribution in [-0.2, 0) is 4.79 Å². The summed E-state index contributed by atoms with van der Waals surface area (Å²) in [4.78, 5) is 32.4. The van der Waals surface area contributed by atoms with Crippen molar-refractivity contribution >= 4 is 23.6 Å². The van der Waals surface area contributed by atoms with Gasteiger partial charge in [-0.15, -0.1) is 5.10 Å². The Bertz CT molecular complexity index is 1230. The fourth-order valence-electron chi connectivity index (χ4n) is 5.92. The molecule has 3 aromatic heterocycles. The number of aromatic nitrogens is 5. The van der Waals surface area contributed by atoms with Crippen LogP contribution in [0.3, 0.4) is 0 Å². The second-order valence-corrected chi connectivity index (χ2v) is 10.2. The van der Waals surface area contributed by atoms with Gasteiger partial charge >= 0.3 is 0 Å². The van der Waals surface area contributed by atoms with Gasteiger partial charge in [0.1, 0.15) is 6.04 Å². The summed E-state index contributed by atoms with van der Waals surface area (Å²) in [6.45, 7) is 3.48. The number of anilines is 2. The second kappa shape index (κ2) is 9.84. The topological polar surface area (TPSA) is 122 Å². The van der Waals surface area contributed by atoms with E-state index < -0.39 is 6.43 Å². The van der Waals surface area contributed by atoms with Crippen LogP contribution in [0.25, 0.3) is 17.4 Å². The number of piperidine rings is 2. The molecule has 6 rings (SSSR count). The number of halogens is 2. The van der Waals surface area contributed by atoms with Crippen LogP contribution in [0.1, 0.15) is 32.1 Å². The summed E-state index contributed by atoms with van der Waals surface area (Å²) in [5.41, 5.74) is 6.14. The molecule has 1 amide bonds. The molecule has 1 atom stereocenters. The van der Waals surface area contributed by atoms with Gasteiger partial charge in [0.25, 0.3) is 12.2 Å². The number of likely N-dealkylation sites (tertiary alicyclic amines) is 2. The number of nitrogen functional groups attached to an aromatic ring is 1. The van der Waals surface area contributed by atoms with Gasteiger partial charge in [0.15, 0.2) is 5.76 Å². The van der Waals surface area contributed by atoms with Crippen LogP contribution in [0.4, 0.5) is 20.7 Å². The molecule has 3 aromatic rings. The third kappa shape index (κ3) is 4.72. The van der Waals surface area contributed by atoms with Crippen LogP contribution in [0, 0.1) is 11.8 Å². The molecule has 2 N–H and O–H groups in total. The molecule has 37 heavy (non-hydrogen) atoms.